The quantitative estimate of drug-likeness (QED) is 0.329. The summed E-state index contributed by atoms with van der Waals surface area (Å²) in [5, 5.41) is 0.578. The first-order valence-electron chi connectivity index (χ1n) is 4.73. The van der Waals surface area contributed by atoms with Crippen LogP contribution in [0.1, 0.15) is 12.6 Å². The summed E-state index contributed by atoms with van der Waals surface area (Å²) in [5.74, 6) is -1.40. The highest BCUT2D eigenvalue weighted by atomic mass is 32.2. The van der Waals surface area contributed by atoms with Gasteiger partial charge in [0, 0.05) is 6.20 Å². The van der Waals surface area contributed by atoms with Gasteiger partial charge in [0.25, 0.3) is 0 Å². The second-order valence-electron chi connectivity index (χ2n) is 2.86. The average Bonchev–Trinajstić information content (AvgIpc) is 2.29. The van der Waals surface area contributed by atoms with Crippen molar-refractivity contribution >= 4 is 23.5 Å². The van der Waals surface area contributed by atoms with Crippen molar-refractivity contribution in [1.82, 2.24) is 9.97 Å². The molecule has 0 aliphatic carbocycles. The summed E-state index contributed by atoms with van der Waals surface area (Å²) >= 11 is 1.38. The van der Waals surface area contributed by atoms with E-state index in [0.29, 0.717) is 10.9 Å². The van der Waals surface area contributed by atoms with Crippen LogP contribution in [0.5, 0.6) is 0 Å². The number of Topliss-reactive ketones (excluding diaryl/α,β-unsaturated/α-hetero) is 1. The number of carbonyl (C=O) groups excluding carboxylic acids is 2. The largest absolute Gasteiger partial charge is 0.460 e. The summed E-state index contributed by atoms with van der Waals surface area (Å²) in [5.41, 5.74) is 0.525. The van der Waals surface area contributed by atoms with Crippen LogP contribution in [-0.2, 0) is 20.7 Å². The summed E-state index contributed by atoms with van der Waals surface area (Å²) in [4.78, 5) is 30.5. The molecule has 0 fully saturated rings. The van der Waals surface area contributed by atoms with Gasteiger partial charge < -0.3 is 4.74 Å². The number of ketones is 1. The van der Waals surface area contributed by atoms with E-state index in [2.05, 4.69) is 14.7 Å². The second-order valence-corrected chi connectivity index (χ2v) is 3.63. The van der Waals surface area contributed by atoms with Crippen LogP contribution in [0.25, 0.3) is 0 Å². The third-order valence-corrected chi connectivity index (χ3v) is 2.28. The highest BCUT2D eigenvalue weighted by Crippen LogP contribution is 2.08. The highest BCUT2D eigenvalue weighted by molar-refractivity contribution is 7.98. The molecule has 1 aromatic heterocycles. The van der Waals surface area contributed by atoms with Gasteiger partial charge in [0.1, 0.15) is 0 Å². The van der Waals surface area contributed by atoms with E-state index in [1.807, 2.05) is 6.26 Å². The first-order valence-corrected chi connectivity index (χ1v) is 5.95. The molecule has 0 aliphatic heterocycles. The number of carbonyl (C=O) groups is 2. The van der Waals surface area contributed by atoms with Gasteiger partial charge in [-0.1, -0.05) is 11.8 Å². The van der Waals surface area contributed by atoms with Crippen LogP contribution < -0.4 is 0 Å². The molecule has 0 saturated carbocycles. The number of hydrogen-bond acceptors (Lipinski definition) is 6. The Morgan fingerprint density at radius 3 is 2.88 bits per heavy atom. The number of ether oxygens (including phenoxy) is 1. The molecule has 0 aliphatic rings. The zero-order valence-electron chi connectivity index (χ0n) is 9.10. The van der Waals surface area contributed by atoms with Crippen LogP contribution in [0.4, 0.5) is 0 Å². The van der Waals surface area contributed by atoms with Crippen molar-refractivity contribution in [3.63, 3.8) is 0 Å². The predicted octanol–water partition coefficient (Wildman–Crippen LogP) is 0.873. The first-order chi connectivity index (χ1) is 7.67. The predicted molar refractivity (Wildman–Crippen MR) is 59.2 cm³/mol. The Labute approximate surface area is 97.6 Å². The van der Waals surface area contributed by atoms with Crippen LogP contribution in [0.2, 0.25) is 0 Å². The maximum Gasteiger partial charge on any atom is 0.375 e. The zero-order chi connectivity index (χ0) is 12.0. The molecule has 0 aromatic carbocycles. The van der Waals surface area contributed by atoms with Gasteiger partial charge in [0.15, 0.2) is 5.16 Å². The van der Waals surface area contributed by atoms with Crippen LogP contribution in [0, 0.1) is 0 Å². The SMILES string of the molecule is CCOC(=O)C(=O)Cc1ccnc(SC)n1. The molecular formula is C10H12N2O3S. The Morgan fingerprint density at radius 1 is 1.50 bits per heavy atom. The lowest BCUT2D eigenvalue weighted by molar-refractivity contribution is -0.153. The molecule has 86 valence electrons. The van der Waals surface area contributed by atoms with E-state index in [9.17, 15) is 9.59 Å². The molecule has 0 amide bonds. The molecule has 0 spiro atoms. The minimum atomic E-state index is -0.813. The van der Waals surface area contributed by atoms with Crippen LogP contribution in [0.15, 0.2) is 17.4 Å². The number of aromatic nitrogens is 2. The van der Waals surface area contributed by atoms with E-state index >= 15 is 0 Å². The van der Waals surface area contributed by atoms with Gasteiger partial charge in [-0.2, -0.15) is 0 Å². The molecule has 0 atom stereocenters. The lowest BCUT2D eigenvalue weighted by Gasteiger charge is -2.01. The molecule has 6 heteroatoms. The molecule has 0 radical (unpaired) electrons. The van der Waals surface area contributed by atoms with E-state index in [0.717, 1.165) is 0 Å². The molecule has 1 aromatic rings. The molecule has 16 heavy (non-hydrogen) atoms. The average molecular weight is 240 g/mol. The molecule has 0 bridgehead atoms. The lowest BCUT2D eigenvalue weighted by atomic mass is 10.2. The van der Waals surface area contributed by atoms with E-state index in [-0.39, 0.29) is 13.0 Å². The number of nitrogens with zero attached hydrogens (tertiary/aromatic N) is 2. The molecule has 1 rings (SSSR count). The minimum Gasteiger partial charge on any atom is -0.460 e. The van der Waals surface area contributed by atoms with Crippen molar-refractivity contribution in [3.8, 4) is 0 Å². The Hall–Kier alpha value is -1.43. The van der Waals surface area contributed by atoms with Gasteiger partial charge in [-0.25, -0.2) is 14.8 Å². The van der Waals surface area contributed by atoms with Gasteiger partial charge in [0.05, 0.1) is 18.7 Å². The minimum absolute atomic E-state index is 0.0467. The van der Waals surface area contributed by atoms with E-state index < -0.39 is 11.8 Å². The van der Waals surface area contributed by atoms with E-state index in [1.165, 1.54) is 11.8 Å². The summed E-state index contributed by atoms with van der Waals surface area (Å²) in [6, 6.07) is 1.61. The van der Waals surface area contributed by atoms with Crippen LogP contribution in [-0.4, -0.2) is 34.6 Å². The highest BCUT2D eigenvalue weighted by Gasteiger charge is 2.16. The summed E-state index contributed by atoms with van der Waals surface area (Å²) in [7, 11) is 0. The Balaban J connectivity index is 2.65. The summed E-state index contributed by atoms with van der Waals surface area (Å²) in [6.07, 6.45) is 3.35. The first kappa shape index (κ1) is 12.6. The number of thioether (sulfide) groups is 1. The fourth-order valence-electron chi connectivity index (χ4n) is 1.02. The molecule has 1 heterocycles. The third kappa shape index (κ3) is 3.62. The molecular weight excluding hydrogens is 228 g/mol. The van der Waals surface area contributed by atoms with Crippen molar-refractivity contribution in [2.24, 2.45) is 0 Å². The Bertz CT molecular complexity index is 395. The number of hydrogen-bond donors (Lipinski definition) is 0. The van der Waals surface area contributed by atoms with Crippen molar-refractivity contribution in [3.05, 3.63) is 18.0 Å². The Morgan fingerprint density at radius 2 is 2.25 bits per heavy atom. The number of esters is 1. The normalized spacial score (nSPS) is 9.88. The standard InChI is InChI=1S/C10H12N2O3S/c1-3-15-9(14)8(13)6-7-4-5-11-10(12-7)16-2/h4-5H,3,6H2,1-2H3. The van der Waals surface area contributed by atoms with Crippen molar-refractivity contribution < 1.29 is 14.3 Å². The molecule has 0 N–H and O–H groups in total. The van der Waals surface area contributed by atoms with E-state index in [4.69, 9.17) is 0 Å². The topological polar surface area (TPSA) is 69.2 Å². The Kier molecular flexibility index (Phi) is 4.91. The van der Waals surface area contributed by atoms with Crippen molar-refractivity contribution in [2.75, 3.05) is 12.9 Å². The van der Waals surface area contributed by atoms with E-state index in [1.54, 1.807) is 19.2 Å². The summed E-state index contributed by atoms with van der Waals surface area (Å²) in [6.45, 7) is 1.85. The molecule has 0 unspecified atom stereocenters. The van der Waals surface area contributed by atoms with Crippen LogP contribution in [0.3, 0.4) is 0 Å². The maximum absolute atomic E-state index is 11.4. The van der Waals surface area contributed by atoms with Gasteiger partial charge in [-0.3, -0.25) is 4.79 Å². The third-order valence-electron chi connectivity index (χ3n) is 1.72. The summed E-state index contributed by atoms with van der Waals surface area (Å²) < 4.78 is 4.60. The second kappa shape index (κ2) is 6.22. The lowest BCUT2D eigenvalue weighted by Crippen LogP contribution is -2.20. The van der Waals surface area contributed by atoms with Gasteiger partial charge in [-0.15, -0.1) is 0 Å². The smallest absolute Gasteiger partial charge is 0.375 e. The fraction of sp³-hybridized carbons (Fsp3) is 0.400. The van der Waals surface area contributed by atoms with Crippen LogP contribution >= 0.6 is 11.8 Å². The zero-order valence-corrected chi connectivity index (χ0v) is 9.91. The van der Waals surface area contributed by atoms with Crippen molar-refractivity contribution in [2.45, 2.75) is 18.5 Å². The van der Waals surface area contributed by atoms with Gasteiger partial charge >= 0.3 is 5.97 Å². The van der Waals surface area contributed by atoms with Gasteiger partial charge in [-0.05, 0) is 19.2 Å². The molecule has 5 nitrogen and oxygen atoms in total. The van der Waals surface area contributed by atoms with Gasteiger partial charge in [0.2, 0.25) is 5.78 Å². The molecule has 0 saturated heterocycles. The maximum atomic E-state index is 11.4. The number of rotatable bonds is 5. The monoisotopic (exact) mass is 240 g/mol. The fourth-order valence-corrected chi connectivity index (χ4v) is 1.40. The van der Waals surface area contributed by atoms with Crippen molar-refractivity contribution in [1.29, 1.82) is 0 Å².